The van der Waals surface area contributed by atoms with Crippen LogP contribution in [0.4, 0.5) is 27.5 Å². The summed E-state index contributed by atoms with van der Waals surface area (Å²) in [4.78, 5) is 18.3. The molecule has 1 aromatic carbocycles. The van der Waals surface area contributed by atoms with Crippen molar-refractivity contribution in [1.82, 2.24) is 9.97 Å². The maximum absolute atomic E-state index is 13.3. The van der Waals surface area contributed by atoms with Gasteiger partial charge in [-0.25, -0.2) is 9.37 Å². The maximum atomic E-state index is 13.3. The van der Waals surface area contributed by atoms with Crippen molar-refractivity contribution in [3.8, 4) is 0 Å². The van der Waals surface area contributed by atoms with Crippen LogP contribution in [0.2, 0.25) is 0 Å². The van der Waals surface area contributed by atoms with Crippen molar-refractivity contribution in [2.45, 2.75) is 6.92 Å². The second-order valence-corrected chi connectivity index (χ2v) is 4.82. The fourth-order valence-corrected chi connectivity index (χ4v) is 1.91. The van der Waals surface area contributed by atoms with Crippen LogP contribution in [0.15, 0.2) is 28.9 Å². The smallest absolute Gasteiger partial charge is 0.329 e. The Morgan fingerprint density at radius 3 is 2.90 bits per heavy atom. The van der Waals surface area contributed by atoms with Gasteiger partial charge in [0.1, 0.15) is 12.0 Å². The van der Waals surface area contributed by atoms with Gasteiger partial charge in [-0.05, 0) is 41.1 Å². The van der Waals surface area contributed by atoms with Crippen molar-refractivity contribution in [2.75, 3.05) is 17.2 Å². The van der Waals surface area contributed by atoms with Crippen LogP contribution in [-0.2, 0) is 0 Å². The minimum atomic E-state index is -0.606. The van der Waals surface area contributed by atoms with Crippen LogP contribution in [0.3, 0.4) is 0 Å². The summed E-state index contributed by atoms with van der Waals surface area (Å²) in [7, 11) is 0. The first-order chi connectivity index (χ1) is 10.0. The fraction of sp³-hybridized carbons (Fsp3) is 0.167. The summed E-state index contributed by atoms with van der Waals surface area (Å²) in [5.74, 6) is -0.236. The number of nitrogens with zero attached hydrogens (tertiary/aromatic N) is 3. The molecule has 0 unspecified atom stereocenters. The van der Waals surface area contributed by atoms with Crippen molar-refractivity contribution in [3.05, 3.63) is 44.8 Å². The molecule has 0 aliphatic carbocycles. The monoisotopic (exact) mass is 355 g/mol. The summed E-state index contributed by atoms with van der Waals surface area (Å²) in [6, 6.07) is 3.98. The molecule has 21 heavy (non-hydrogen) atoms. The minimum absolute atomic E-state index is 0.0164. The highest BCUT2D eigenvalue weighted by Crippen LogP contribution is 2.30. The zero-order chi connectivity index (χ0) is 15.4. The second-order valence-electron chi connectivity index (χ2n) is 3.96. The Bertz CT molecular complexity index is 683. The van der Waals surface area contributed by atoms with Crippen LogP contribution in [0, 0.1) is 15.9 Å². The van der Waals surface area contributed by atoms with Crippen LogP contribution >= 0.6 is 15.9 Å². The summed E-state index contributed by atoms with van der Waals surface area (Å²) in [6.45, 7) is 2.42. The van der Waals surface area contributed by atoms with E-state index in [1.54, 1.807) is 0 Å². The van der Waals surface area contributed by atoms with Crippen LogP contribution in [0.25, 0.3) is 0 Å². The lowest BCUT2D eigenvalue weighted by Gasteiger charge is -2.09. The number of nitrogens with one attached hydrogen (secondary N) is 2. The molecular weight excluding hydrogens is 345 g/mol. The lowest BCUT2D eigenvalue weighted by atomic mass is 10.3. The van der Waals surface area contributed by atoms with E-state index in [0.717, 1.165) is 6.20 Å². The molecule has 2 N–H and O–H groups in total. The molecule has 0 saturated heterocycles. The van der Waals surface area contributed by atoms with Gasteiger partial charge in [0.05, 0.1) is 10.6 Å². The molecule has 0 fully saturated rings. The molecule has 1 aromatic heterocycles. The average Bonchev–Trinajstić information content (AvgIpc) is 2.43. The predicted octanol–water partition coefficient (Wildman–Crippen LogP) is 3.46. The summed E-state index contributed by atoms with van der Waals surface area (Å²) >= 11 is 3.24. The van der Waals surface area contributed by atoms with Gasteiger partial charge in [0.15, 0.2) is 0 Å². The van der Waals surface area contributed by atoms with Crippen LogP contribution in [0.5, 0.6) is 0 Å². The van der Waals surface area contributed by atoms with Crippen molar-refractivity contribution in [1.29, 1.82) is 0 Å². The van der Waals surface area contributed by atoms with E-state index >= 15 is 0 Å². The van der Waals surface area contributed by atoms with Gasteiger partial charge >= 0.3 is 5.69 Å². The first kappa shape index (κ1) is 15.1. The SMILES string of the molecule is CCNc1ncc([N+](=O)[O-])c(Nc2cc(F)ccc2Br)n1. The number of hydrogen-bond donors (Lipinski definition) is 2. The van der Waals surface area contributed by atoms with E-state index in [1.165, 1.54) is 18.2 Å². The summed E-state index contributed by atoms with van der Waals surface area (Å²) < 4.78 is 13.8. The molecule has 0 amide bonds. The normalized spacial score (nSPS) is 10.2. The Morgan fingerprint density at radius 2 is 2.24 bits per heavy atom. The molecule has 9 heteroatoms. The molecule has 1 heterocycles. The van der Waals surface area contributed by atoms with Crippen LogP contribution in [-0.4, -0.2) is 21.4 Å². The highest BCUT2D eigenvalue weighted by molar-refractivity contribution is 9.10. The number of benzene rings is 1. The third kappa shape index (κ3) is 3.63. The number of anilines is 3. The Labute approximate surface area is 127 Å². The van der Waals surface area contributed by atoms with Crippen LogP contribution < -0.4 is 10.6 Å². The summed E-state index contributed by atoms with van der Waals surface area (Å²) in [5, 5.41) is 16.6. The van der Waals surface area contributed by atoms with Gasteiger partial charge in [-0.15, -0.1) is 0 Å². The Morgan fingerprint density at radius 1 is 1.48 bits per heavy atom. The number of halogens is 2. The van der Waals surface area contributed by atoms with E-state index in [-0.39, 0.29) is 17.5 Å². The number of hydrogen-bond acceptors (Lipinski definition) is 6. The maximum Gasteiger partial charge on any atom is 0.329 e. The minimum Gasteiger partial charge on any atom is -0.354 e. The molecule has 7 nitrogen and oxygen atoms in total. The van der Waals surface area contributed by atoms with E-state index in [1.807, 2.05) is 6.92 Å². The van der Waals surface area contributed by atoms with E-state index in [4.69, 9.17) is 0 Å². The highest BCUT2D eigenvalue weighted by atomic mass is 79.9. The zero-order valence-corrected chi connectivity index (χ0v) is 12.5. The van der Waals surface area contributed by atoms with Gasteiger partial charge in [0.25, 0.3) is 0 Å². The molecule has 0 aliphatic rings. The first-order valence-electron chi connectivity index (χ1n) is 5.98. The zero-order valence-electron chi connectivity index (χ0n) is 10.9. The fourth-order valence-electron chi connectivity index (χ4n) is 1.57. The topological polar surface area (TPSA) is 93.0 Å². The number of nitro groups is 1. The van der Waals surface area contributed by atoms with Gasteiger partial charge in [-0.1, -0.05) is 0 Å². The van der Waals surface area contributed by atoms with E-state index in [9.17, 15) is 14.5 Å². The lowest BCUT2D eigenvalue weighted by Crippen LogP contribution is -2.07. The molecule has 0 saturated carbocycles. The summed E-state index contributed by atoms with van der Waals surface area (Å²) in [5.41, 5.74) is 0.0343. The first-order valence-corrected chi connectivity index (χ1v) is 6.78. The third-order valence-electron chi connectivity index (χ3n) is 2.48. The van der Waals surface area contributed by atoms with Gasteiger partial charge in [0.2, 0.25) is 11.8 Å². The summed E-state index contributed by atoms with van der Waals surface area (Å²) in [6.07, 6.45) is 1.10. The van der Waals surface area contributed by atoms with Crippen molar-refractivity contribution in [3.63, 3.8) is 0 Å². The van der Waals surface area contributed by atoms with Gasteiger partial charge in [-0.3, -0.25) is 10.1 Å². The van der Waals surface area contributed by atoms with Gasteiger partial charge in [-0.2, -0.15) is 4.98 Å². The predicted molar refractivity (Wildman–Crippen MR) is 80.2 cm³/mol. The number of aromatic nitrogens is 2. The Kier molecular flexibility index (Phi) is 4.63. The molecular formula is C12H11BrFN5O2. The highest BCUT2D eigenvalue weighted by Gasteiger charge is 2.18. The van der Waals surface area contributed by atoms with Gasteiger partial charge in [0, 0.05) is 11.0 Å². The standard InChI is InChI=1S/C12H11BrFN5O2/c1-2-15-12-16-6-10(19(20)21)11(18-12)17-9-5-7(14)3-4-8(9)13/h3-6H,2H2,1H3,(H2,15,16,17,18). The van der Waals surface area contributed by atoms with E-state index in [0.29, 0.717) is 16.7 Å². The molecule has 0 spiro atoms. The lowest BCUT2D eigenvalue weighted by molar-refractivity contribution is -0.384. The largest absolute Gasteiger partial charge is 0.354 e. The molecule has 110 valence electrons. The molecule has 0 radical (unpaired) electrons. The molecule has 2 aromatic rings. The van der Waals surface area contributed by atoms with Crippen molar-refractivity contribution in [2.24, 2.45) is 0 Å². The van der Waals surface area contributed by atoms with Crippen molar-refractivity contribution >= 4 is 39.1 Å². The molecule has 0 aliphatic heterocycles. The Balaban J connectivity index is 2.43. The van der Waals surface area contributed by atoms with Crippen LogP contribution in [0.1, 0.15) is 6.92 Å². The Hall–Kier alpha value is -2.29. The molecule has 0 atom stereocenters. The second kappa shape index (κ2) is 6.44. The quantitative estimate of drug-likeness (QED) is 0.630. The van der Waals surface area contributed by atoms with E-state index in [2.05, 4.69) is 36.5 Å². The molecule has 2 rings (SSSR count). The molecule has 0 bridgehead atoms. The van der Waals surface area contributed by atoms with Crippen molar-refractivity contribution < 1.29 is 9.31 Å². The number of rotatable bonds is 5. The average molecular weight is 356 g/mol. The van der Waals surface area contributed by atoms with E-state index < -0.39 is 10.7 Å². The van der Waals surface area contributed by atoms with Gasteiger partial charge < -0.3 is 10.6 Å². The third-order valence-corrected chi connectivity index (χ3v) is 3.17.